The minimum atomic E-state index is -0.223. The second-order valence-corrected chi connectivity index (χ2v) is 5.37. The number of benzene rings is 2. The van der Waals surface area contributed by atoms with Gasteiger partial charge in [0.1, 0.15) is 5.82 Å². The molecule has 0 fully saturated rings. The zero-order chi connectivity index (χ0) is 13.1. The summed E-state index contributed by atoms with van der Waals surface area (Å²) in [7, 11) is 0. The maximum Gasteiger partial charge on any atom is 0.123 e. The largest absolute Gasteiger partial charge is 0.380 e. The van der Waals surface area contributed by atoms with Gasteiger partial charge in [-0.25, -0.2) is 4.39 Å². The van der Waals surface area contributed by atoms with Gasteiger partial charge in [0, 0.05) is 11.0 Å². The van der Waals surface area contributed by atoms with Crippen LogP contribution < -0.4 is 5.32 Å². The fourth-order valence-electron chi connectivity index (χ4n) is 1.65. The van der Waals surface area contributed by atoms with Gasteiger partial charge >= 0.3 is 0 Å². The number of aryl methyl sites for hydroxylation is 1. The van der Waals surface area contributed by atoms with Gasteiger partial charge in [0.05, 0.1) is 10.7 Å². The van der Waals surface area contributed by atoms with Gasteiger partial charge in [-0.15, -0.1) is 0 Å². The summed E-state index contributed by atoms with van der Waals surface area (Å²) in [6, 6.07) is 10.4. The Morgan fingerprint density at radius 2 is 2.00 bits per heavy atom. The molecule has 94 valence electrons. The van der Waals surface area contributed by atoms with Crippen LogP contribution in [-0.4, -0.2) is 0 Å². The Kier molecular flexibility index (Phi) is 4.25. The fraction of sp³-hybridized carbons (Fsp3) is 0.143. The molecule has 1 N–H and O–H groups in total. The van der Waals surface area contributed by atoms with Crippen LogP contribution in [0.2, 0.25) is 5.02 Å². The molecule has 0 atom stereocenters. The normalized spacial score (nSPS) is 10.4. The highest BCUT2D eigenvalue weighted by molar-refractivity contribution is 9.10. The van der Waals surface area contributed by atoms with Crippen molar-refractivity contribution in [1.29, 1.82) is 0 Å². The van der Waals surface area contributed by atoms with Crippen LogP contribution >= 0.6 is 27.5 Å². The predicted octanol–water partition coefficient (Wildman–Crippen LogP) is 5.16. The third kappa shape index (κ3) is 3.24. The highest BCUT2D eigenvalue weighted by atomic mass is 79.9. The van der Waals surface area contributed by atoms with E-state index in [1.165, 1.54) is 12.1 Å². The van der Waals surface area contributed by atoms with Crippen LogP contribution in [0.4, 0.5) is 10.1 Å². The molecule has 0 spiro atoms. The van der Waals surface area contributed by atoms with Crippen LogP contribution in [0.3, 0.4) is 0 Å². The molecule has 0 unspecified atom stereocenters. The summed E-state index contributed by atoms with van der Waals surface area (Å²) in [4.78, 5) is 0. The Morgan fingerprint density at radius 3 is 2.72 bits per heavy atom. The maximum atomic E-state index is 13.1. The van der Waals surface area contributed by atoms with Crippen molar-refractivity contribution in [3.63, 3.8) is 0 Å². The smallest absolute Gasteiger partial charge is 0.123 e. The van der Waals surface area contributed by atoms with Crippen molar-refractivity contribution in [3.8, 4) is 0 Å². The predicted molar refractivity (Wildman–Crippen MR) is 77.6 cm³/mol. The molecule has 2 aromatic carbocycles. The number of hydrogen-bond acceptors (Lipinski definition) is 1. The first kappa shape index (κ1) is 13.4. The lowest BCUT2D eigenvalue weighted by Gasteiger charge is -2.11. The van der Waals surface area contributed by atoms with Gasteiger partial charge < -0.3 is 5.32 Å². The number of hydrogen-bond donors (Lipinski definition) is 1. The summed E-state index contributed by atoms with van der Waals surface area (Å²) in [5.74, 6) is -0.223. The van der Waals surface area contributed by atoms with Crippen LogP contribution in [0.5, 0.6) is 0 Å². The molecule has 0 aliphatic rings. The first-order valence-corrected chi connectivity index (χ1v) is 6.67. The summed E-state index contributed by atoms with van der Waals surface area (Å²) in [6.07, 6.45) is 0. The van der Waals surface area contributed by atoms with E-state index >= 15 is 0 Å². The quantitative estimate of drug-likeness (QED) is 0.820. The van der Waals surface area contributed by atoms with Gasteiger partial charge in [0.2, 0.25) is 0 Å². The van der Waals surface area contributed by atoms with E-state index in [-0.39, 0.29) is 5.82 Å². The Morgan fingerprint density at radius 1 is 1.22 bits per heavy atom. The first-order valence-electron chi connectivity index (χ1n) is 5.50. The van der Waals surface area contributed by atoms with Crippen molar-refractivity contribution >= 4 is 33.2 Å². The standard InChI is InChI=1S/C14H12BrClFN/c1-9-2-4-12(17)6-10(9)8-18-14-5-3-11(15)7-13(14)16/h2-7,18H,8H2,1H3. The molecular formula is C14H12BrClFN. The van der Waals surface area contributed by atoms with E-state index < -0.39 is 0 Å². The Hall–Kier alpha value is -1.06. The Balaban J connectivity index is 2.13. The lowest BCUT2D eigenvalue weighted by Crippen LogP contribution is -2.02. The molecule has 0 aliphatic heterocycles. The summed E-state index contributed by atoms with van der Waals surface area (Å²) in [5.41, 5.74) is 2.81. The average Bonchev–Trinajstić information content (AvgIpc) is 2.32. The third-order valence-electron chi connectivity index (χ3n) is 2.71. The van der Waals surface area contributed by atoms with Gasteiger partial charge in [-0.1, -0.05) is 33.6 Å². The Labute approximate surface area is 119 Å². The molecule has 1 nitrogen and oxygen atoms in total. The molecule has 0 amide bonds. The van der Waals surface area contributed by atoms with Crippen LogP contribution in [0.25, 0.3) is 0 Å². The van der Waals surface area contributed by atoms with Gasteiger partial charge in [-0.2, -0.15) is 0 Å². The summed E-state index contributed by atoms with van der Waals surface area (Å²) < 4.78 is 14.1. The lowest BCUT2D eigenvalue weighted by molar-refractivity contribution is 0.625. The molecule has 18 heavy (non-hydrogen) atoms. The van der Waals surface area contributed by atoms with Gasteiger partial charge in [-0.3, -0.25) is 0 Å². The second-order valence-electron chi connectivity index (χ2n) is 4.05. The van der Waals surface area contributed by atoms with Crippen LogP contribution in [0.1, 0.15) is 11.1 Å². The minimum absolute atomic E-state index is 0.223. The highest BCUT2D eigenvalue weighted by Gasteiger charge is 2.03. The molecule has 0 saturated carbocycles. The van der Waals surface area contributed by atoms with E-state index in [2.05, 4.69) is 21.2 Å². The second kappa shape index (κ2) is 5.72. The summed E-state index contributed by atoms with van der Waals surface area (Å²) in [6.45, 7) is 2.50. The van der Waals surface area contributed by atoms with E-state index in [0.717, 1.165) is 21.3 Å². The van der Waals surface area contributed by atoms with Crippen molar-refractivity contribution in [3.05, 3.63) is 62.8 Å². The molecule has 2 rings (SSSR count). The highest BCUT2D eigenvalue weighted by Crippen LogP contribution is 2.26. The molecule has 0 bridgehead atoms. The molecule has 0 aliphatic carbocycles. The molecule has 2 aromatic rings. The molecule has 0 heterocycles. The molecule has 0 aromatic heterocycles. The number of rotatable bonds is 3. The van der Waals surface area contributed by atoms with Crippen molar-refractivity contribution < 1.29 is 4.39 Å². The lowest BCUT2D eigenvalue weighted by atomic mass is 10.1. The number of halogens is 3. The van der Waals surface area contributed by atoms with Crippen LogP contribution in [0, 0.1) is 12.7 Å². The molecule has 4 heteroatoms. The van der Waals surface area contributed by atoms with Gasteiger partial charge in [-0.05, 0) is 48.4 Å². The fourth-order valence-corrected chi connectivity index (χ4v) is 2.39. The topological polar surface area (TPSA) is 12.0 Å². The Bertz CT molecular complexity index is 572. The van der Waals surface area contributed by atoms with E-state index in [1.54, 1.807) is 6.07 Å². The first-order chi connectivity index (χ1) is 8.56. The summed E-state index contributed by atoms with van der Waals surface area (Å²) in [5, 5.41) is 3.84. The van der Waals surface area contributed by atoms with E-state index in [0.29, 0.717) is 11.6 Å². The van der Waals surface area contributed by atoms with Crippen molar-refractivity contribution in [2.45, 2.75) is 13.5 Å². The van der Waals surface area contributed by atoms with E-state index in [4.69, 9.17) is 11.6 Å². The van der Waals surface area contributed by atoms with Crippen molar-refractivity contribution in [2.75, 3.05) is 5.32 Å². The monoisotopic (exact) mass is 327 g/mol. The SMILES string of the molecule is Cc1ccc(F)cc1CNc1ccc(Br)cc1Cl. The van der Waals surface area contributed by atoms with Gasteiger partial charge in [0.25, 0.3) is 0 Å². The number of nitrogens with one attached hydrogen (secondary N) is 1. The maximum absolute atomic E-state index is 13.1. The van der Waals surface area contributed by atoms with Crippen LogP contribution in [0.15, 0.2) is 40.9 Å². The van der Waals surface area contributed by atoms with Crippen molar-refractivity contribution in [1.82, 2.24) is 0 Å². The molecule has 0 saturated heterocycles. The van der Waals surface area contributed by atoms with E-state index in [9.17, 15) is 4.39 Å². The number of anilines is 1. The zero-order valence-corrected chi connectivity index (χ0v) is 12.1. The minimum Gasteiger partial charge on any atom is -0.380 e. The van der Waals surface area contributed by atoms with E-state index in [1.807, 2.05) is 25.1 Å². The zero-order valence-electron chi connectivity index (χ0n) is 9.81. The van der Waals surface area contributed by atoms with Gasteiger partial charge in [0.15, 0.2) is 0 Å². The molecular weight excluding hydrogens is 317 g/mol. The average molecular weight is 329 g/mol. The third-order valence-corrected chi connectivity index (χ3v) is 3.52. The van der Waals surface area contributed by atoms with Crippen molar-refractivity contribution in [2.24, 2.45) is 0 Å². The van der Waals surface area contributed by atoms with Crippen LogP contribution in [-0.2, 0) is 6.54 Å². The summed E-state index contributed by atoms with van der Waals surface area (Å²) >= 11 is 9.45. The molecule has 0 radical (unpaired) electrons.